The van der Waals surface area contributed by atoms with Gasteiger partial charge in [0.1, 0.15) is 17.4 Å². The second kappa shape index (κ2) is 3.23. The lowest BCUT2D eigenvalue weighted by Gasteiger charge is -2.01. The zero-order valence-corrected chi connectivity index (χ0v) is 6.97. The first-order chi connectivity index (χ1) is 6.06. The van der Waals surface area contributed by atoms with Gasteiger partial charge in [-0.25, -0.2) is 4.39 Å². The summed E-state index contributed by atoms with van der Waals surface area (Å²) in [7, 11) is 0. The molecular weight excluding hydrogens is 171 g/mol. The van der Waals surface area contributed by atoms with Gasteiger partial charge >= 0.3 is 0 Å². The lowest BCUT2D eigenvalue weighted by Crippen LogP contribution is -2.00. The molecule has 0 aliphatic carbocycles. The number of nitrogens with two attached hydrogens (primary N) is 1. The van der Waals surface area contributed by atoms with Crippen molar-refractivity contribution in [2.45, 2.75) is 6.92 Å². The van der Waals surface area contributed by atoms with Gasteiger partial charge in [0.05, 0.1) is 5.69 Å². The Balaban J connectivity index is 3.39. The molecular formula is C9H7FN2O. The largest absolute Gasteiger partial charge is 0.398 e. The van der Waals surface area contributed by atoms with Crippen LogP contribution in [-0.4, -0.2) is 5.78 Å². The topological polar surface area (TPSA) is 66.9 Å². The number of carbonyl (C=O) groups is 1. The van der Waals surface area contributed by atoms with Gasteiger partial charge in [0.2, 0.25) is 0 Å². The maximum absolute atomic E-state index is 13.0. The Morgan fingerprint density at radius 3 is 2.62 bits per heavy atom. The van der Waals surface area contributed by atoms with Crippen LogP contribution in [0.4, 0.5) is 10.1 Å². The lowest BCUT2D eigenvalue weighted by atomic mass is 10.1. The van der Waals surface area contributed by atoms with E-state index in [1.165, 1.54) is 13.0 Å². The van der Waals surface area contributed by atoms with Crippen LogP contribution in [0.15, 0.2) is 12.1 Å². The Morgan fingerprint density at radius 1 is 1.62 bits per heavy atom. The molecule has 0 unspecified atom stereocenters. The fraction of sp³-hybridized carbons (Fsp3) is 0.111. The van der Waals surface area contributed by atoms with Crippen LogP contribution in [0, 0.1) is 17.1 Å². The molecule has 0 aliphatic rings. The van der Waals surface area contributed by atoms with Gasteiger partial charge < -0.3 is 5.73 Å². The van der Waals surface area contributed by atoms with Crippen LogP contribution in [-0.2, 0) is 0 Å². The molecule has 1 rings (SSSR count). The molecule has 0 heterocycles. The molecule has 13 heavy (non-hydrogen) atoms. The van der Waals surface area contributed by atoms with Gasteiger partial charge in [-0.1, -0.05) is 0 Å². The van der Waals surface area contributed by atoms with E-state index < -0.39 is 5.82 Å². The number of benzene rings is 1. The first-order valence-corrected chi connectivity index (χ1v) is 3.56. The highest BCUT2D eigenvalue weighted by Crippen LogP contribution is 2.17. The number of anilines is 1. The van der Waals surface area contributed by atoms with Gasteiger partial charge in [-0.15, -0.1) is 0 Å². The summed E-state index contributed by atoms with van der Waals surface area (Å²) in [4.78, 5) is 10.8. The summed E-state index contributed by atoms with van der Waals surface area (Å²) in [6.45, 7) is 1.31. The second-order valence-corrected chi connectivity index (χ2v) is 2.59. The Hall–Kier alpha value is -1.89. The van der Waals surface area contributed by atoms with E-state index in [0.29, 0.717) is 0 Å². The van der Waals surface area contributed by atoms with E-state index in [-0.39, 0.29) is 22.6 Å². The average Bonchev–Trinajstić information content (AvgIpc) is 2.03. The average molecular weight is 178 g/mol. The fourth-order valence-corrected chi connectivity index (χ4v) is 0.949. The number of Topliss-reactive ketones (excluding diaryl/α,β-unsaturated/α-hetero) is 1. The van der Waals surface area contributed by atoms with E-state index in [9.17, 15) is 9.18 Å². The summed E-state index contributed by atoms with van der Waals surface area (Å²) in [5.74, 6) is -1.04. The monoisotopic (exact) mass is 178 g/mol. The summed E-state index contributed by atoms with van der Waals surface area (Å²) < 4.78 is 13.0. The number of nitriles is 1. The van der Waals surface area contributed by atoms with Gasteiger partial charge in [-0.05, 0) is 19.1 Å². The van der Waals surface area contributed by atoms with E-state index >= 15 is 0 Å². The summed E-state index contributed by atoms with van der Waals surface area (Å²) >= 11 is 0. The Labute approximate surface area is 74.6 Å². The molecule has 0 amide bonds. The molecule has 0 atom stereocenters. The number of rotatable bonds is 1. The van der Waals surface area contributed by atoms with Crippen LogP contribution in [0.3, 0.4) is 0 Å². The van der Waals surface area contributed by atoms with Crippen molar-refractivity contribution < 1.29 is 9.18 Å². The molecule has 0 aliphatic heterocycles. The van der Waals surface area contributed by atoms with Crippen LogP contribution in [0.5, 0.6) is 0 Å². The molecule has 0 aromatic heterocycles. The number of ketones is 1. The predicted octanol–water partition coefficient (Wildman–Crippen LogP) is 1.48. The molecule has 4 heteroatoms. The van der Waals surface area contributed by atoms with Crippen LogP contribution < -0.4 is 5.73 Å². The van der Waals surface area contributed by atoms with Crippen molar-refractivity contribution in [1.29, 1.82) is 5.26 Å². The maximum Gasteiger partial charge on any atom is 0.159 e. The van der Waals surface area contributed by atoms with Crippen molar-refractivity contribution in [2.24, 2.45) is 0 Å². The van der Waals surface area contributed by atoms with Gasteiger partial charge in [0, 0.05) is 5.56 Å². The van der Waals surface area contributed by atoms with Crippen LogP contribution in [0.25, 0.3) is 0 Å². The molecule has 1 aromatic rings. The highest BCUT2D eigenvalue weighted by molar-refractivity contribution is 5.95. The zero-order chi connectivity index (χ0) is 10.0. The minimum atomic E-state index is -0.757. The van der Waals surface area contributed by atoms with E-state index in [1.54, 1.807) is 6.07 Å². The first kappa shape index (κ1) is 9.20. The standard InChI is InChI=1S/C9H7FN2O/c1-5(13)6-2-8(10)7(4-11)9(12)3-6/h2-3H,12H2,1H3. The fourth-order valence-electron chi connectivity index (χ4n) is 0.949. The van der Waals surface area contributed by atoms with Gasteiger partial charge in [0.25, 0.3) is 0 Å². The summed E-state index contributed by atoms with van der Waals surface area (Å²) in [6, 6.07) is 3.93. The van der Waals surface area contributed by atoms with Crippen molar-refractivity contribution in [1.82, 2.24) is 0 Å². The molecule has 1 aromatic carbocycles. The van der Waals surface area contributed by atoms with Crippen LogP contribution in [0.1, 0.15) is 22.8 Å². The molecule has 0 bridgehead atoms. The molecule has 0 spiro atoms. The summed E-state index contributed by atoms with van der Waals surface area (Å²) in [5.41, 5.74) is 5.31. The summed E-state index contributed by atoms with van der Waals surface area (Å²) in [6.07, 6.45) is 0. The van der Waals surface area contributed by atoms with Gasteiger partial charge in [-0.3, -0.25) is 4.79 Å². The smallest absolute Gasteiger partial charge is 0.159 e. The van der Waals surface area contributed by atoms with E-state index in [2.05, 4.69) is 0 Å². The van der Waals surface area contributed by atoms with E-state index in [1.807, 2.05) is 0 Å². The second-order valence-electron chi connectivity index (χ2n) is 2.59. The Kier molecular flexibility index (Phi) is 2.29. The van der Waals surface area contributed by atoms with Gasteiger partial charge in [-0.2, -0.15) is 5.26 Å². The molecule has 0 saturated carbocycles. The van der Waals surface area contributed by atoms with Crippen molar-refractivity contribution in [3.8, 4) is 6.07 Å². The lowest BCUT2D eigenvalue weighted by molar-refractivity contribution is 0.101. The number of carbonyl (C=O) groups excluding carboxylic acids is 1. The minimum Gasteiger partial charge on any atom is -0.398 e. The number of hydrogen-bond acceptors (Lipinski definition) is 3. The first-order valence-electron chi connectivity index (χ1n) is 3.56. The third-order valence-corrected chi connectivity index (χ3v) is 1.64. The number of nitrogen functional groups attached to an aromatic ring is 1. The number of nitrogens with zero attached hydrogens (tertiary/aromatic N) is 1. The van der Waals surface area contributed by atoms with Crippen molar-refractivity contribution >= 4 is 11.5 Å². The predicted molar refractivity (Wildman–Crippen MR) is 45.5 cm³/mol. The Morgan fingerprint density at radius 2 is 2.23 bits per heavy atom. The summed E-state index contributed by atoms with van der Waals surface area (Å²) in [5, 5.41) is 8.47. The highest BCUT2D eigenvalue weighted by Gasteiger charge is 2.09. The van der Waals surface area contributed by atoms with Crippen molar-refractivity contribution in [3.05, 3.63) is 29.1 Å². The molecule has 0 fully saturated rings. The zero-order valence-electron chi connectivity index (χ0n) is 6.97. The molecule has 0 saturated heterocycles. The number of hydrogen-bond donors (Lipinski definition) is 1. The SMILES string of the molecule is CC(=O)c1cc(N)c(C#N)c(F)c1. The normalized spacial score (nSPS) is 9.31. The Bertz CT molecular complexity index is 384. The molecule has 2 N–H and O–H groups in total. The third kappa shape index (κ3) is 1.64. The number of halogens is 1. The van der Waals surface area contributed by atoms with Crippen LogP contribution in [0.2, 0.25) is 0 Å². The highest BCUT2D eigenvalue weighted by atomic mass is 19.1. The molecule has 0 radical (unpaired) electrons. The van der Waals surface area contributed by atoms with Crippen molar-refractivity contribution in [3.63, 3.8) is 0 Å². The van der Waals surface area contributed by atoms with Gasteiger partial charge in [0.15, 0.2) is 5.78 Å². The third-order valence-electron chi connectivity index (χ3n) is 1.64. The van der Waals surface area contributed by atoms with E-state index in [4.69, 9.17) is 11.0 Å². The maximum atomic E-state index is 13.0. The van der Waals surface area contributed by atoms with Crippen molar-refractivity contribution in [2.75, 3.05) is 5.73 Å². The molecule has 3 nitrogen and oxygen atoms in total. The van der Waals surface area contributed by atoms with Crippen LogP contribution >= 0.6 is 0 Å². The quantitative estimate of drug-likeness (QED) is 0.523. The van der Waals surface area contributed by atoms with E-state index in [0.717, 1.165) is 6.07 Å². The minimum absolute atomic E-state index is 0.00676. The molecule has 66 valence electrons.